The fourth-order valence-electron chi connectivity index (χ4n) is 3.12. The van der Waals surface area contributed by atoms with Gasteiger partial charge in [0.15, 0.2) is 10.9 Å². The topological polar surface area (TPSA) is 55.1 Å². The molecule has 1 aliphatic rings. The number of hydrogen-bond donors (Lipinski definition) is 1. The smallest absolute Gasteiger partial charge is 0.226 e. The van der Waals surface area contributed by atoms with Crippen LogP contribution in [-0.4, -0.2) is 10.9 Å². The Morgan fingerprint density at radius 1 is 1.30 bits per heavy atom. The molecule has 1 atom stereocenters. The molecule has 0 aliphatic heterocycles. The van der Waals surface area contributed by atoms with Gasteiger partial charge in [-0.15, -0.1) is 11.3 Å². The van der Waals surface area contributed by atoms with E-state index in [0.717, 1.165) is 18.5 Å². The zero-order chi connectivity index (χ0) is 15.6. The van der Waals surface area contributed by atoms with Gasteiger partial charge in [-0.1, -0.05) is 24.3 Å². The van der Waals surface area contributed by atoms with E-state index in [1.807, 2.05) is 23.6 Å². The van der Waals surface area contributed by atoms with Gasteiger partial charge in [0.05, 0.1) is 6.26 Å². The number of carbonyl (C=O) groups is 1. The number of carbonyl (C=O) groups excluding carboxylic acids is 1. The average Bonchev–Trinajstić information content (AvgIpc) is 3.27. The van der Waals surface area contributed by atoms with Crippen LogP contribution in [0.5, 0.6) is 0 Å². The highest BCUT2D eigenvalue weighted by atomic mass is 32.1. The summed E-state index contributed by atoms with van der Waals surface area (Å²) in [4.78, 5) is 16.7. The van der Waals surface area contributed by atoms with Crippen LogP contribution < -0.4 is 5.32 Å². The zero-order valence-electron chi connectivity index (χ0n) is 12.5. The van der Waals surface area contributed by atoms with Gasteiger partial charge in [-0.2, -0.15) is 0 Å². The predicted octanol–water partition coefficient (Wildman–Crippen LogP) is 4.46. The number of nitrogens with one attached hydrogen (secondary N) is 1. The van der Waals surface area contributed by atoms with E-state index in [0.29, 0.717) is 23.2 Å². The molecule has 0 bridgehead atoms. The Bertz CT molecular complexity index is 823. The van der Waals surface area contributed by atoms with Crippen LogP contribution in [0.2, 0.25) is 0 Å². The number of nitrogens with zero attached hydrogens (tertiary/aromatic N) is 1. The van der Waals surface area contributed by atoms with E-state index in [-0.39, 0.29) is 5.91 Å². The van der Waals surface area contributed by atoms with E-state index in [4.69, 9.17) is 4.42 Å². The van der Waals surface area contributed by atoms with Crippen molar-refractivity contribution in [2.45, 2.75) is 25.2 Å². The highest BCUT2D eigenvalue weighted by Gasteiger charge is 2.24. The summed E-state index contributed by atoms with van der Waals surface area (Å²) in [6, 6.07) is 12.1. The van der Waals surface area contributed by atoms with Gasteiger partial charge in [-0.3, -0.25) is 4.79 Å². The zero-order valence-corrected chi connectivity index (χ0v) is 13.3. The molecule has 1 aliphatic carbocycles. The minimum absolute atomic E-state index is 0.0204. The second-order valence-electron chi connectivity index (χ2n) is 5.70. The molecular formula is C18H16N2O2S. The van der Waals surface area contributed by atoms with Crippen molar-refractivity contribution in [1.29, 1.82) is 0 Å². The van der Waals surface area contributed by atoms with Crippen molar-refractivity contribution in [2.75, 3.05) is 5.32 Å². The molecule has 116 valence electrons. The molecule has 4 rings (SSSR count). The van der Waals surface area contributed by atoms with Gasteiger partial charge in [0.1, 0.15) is 5.69 Å². The molecule has 1 aromatic carbocycles. The minimum atomic E-state index is 0.0204. The van der Waals surface area contributed by atoms with E-state index in [1.165, 1.54) is 22.5 Å². The molecule has 0 fully saturated rings. The van der Waals surface area contributed by atoms with Gasteiger partial charge in [-0.05, 0) is 42.0 Å². The number of fused-ring (bicyclic) bond motifs is 1. The summed E-state index contributed by atoms with van der Waals surface area (Å²) in [6.07, 6.45) is 4.23. The molecule has 3 aromatic rings. The lowest BCUT2D eigenvalue weighted by Gasteiger charge is -2.10. The Morgan fingerprint density at radius 2 is 2.22 bits per heavy atom. The van der Waals surface area contributed by atoms with Crippen LogP contribution in [0.3, 0.4) is 0 Å². The third kappa shape index (κ3) is 2.92. The Balaban J connectivity index is 1.41. The van der Waals surface area contributed by atoms with Crippen molar-refractivity contribution in [3.05, 3.63) is 59.2 Å². The Kier molecular flexibility index (Phi) is 3.71. The fraction of sp³-hybridized carbons (Fsp3) is 0.222. The first kappa shape index (κ1) is 14.2. The second kappa shape index (κ2) is 6.01. The largest absolute Gasteiger partial charge is 0.463 e. The van der Waals surface area contributed by atoms with Gasteiger partial charge >= 0.3 is 0 Å². The van der Waals surface area contributed by atoms with E-state index in [2.05, 4.69) is 28.5 Å². The summed E-state index contributed by atoms with van der Waals surface area (Å²) >= 11 is 1.42. The number of hydrogen-bond acceptors (Lipinski definition) is 4. The third-order valence-electron chi connectivity index (χ3n) is 4.21. The molecule has 1 amide bonds. The molecule has 4 nitrogen and oxygen atoms in total. The lowest BCUT2D eigenvalue weighted by atomic mass is 9.97. The van der Waals surface area contributed by atoms with E-state index in [9.17, 15) is 4.79 Å². The minimum Gasteiger partial charge on any atom is -0.463 e. The summed E-state index contributed by atoms with van der Waals surface area (Å²) in [5.41, 5.74) is 3.44. The number of rotatable bonds is 4. The van der Waals surface area contributed by atoms with Gasteiger partial charge in [-0.25, -0.2) is 4.98 Å². The normalized spacial score (nSPS) is 16.3. The van der Waals surface area contributed by atoms with Crippen LogP contribution in [-0.2, 0) is 11.2 Å². The number of amides is 1. The molecule has 1 N–H and O–H groups in total. The summed E-state index contributed by atoms with van der Waals surface area (Å²) in [5, 5.41) is 5.42. The molecule has 0 saturated carbocycles. The van der Waals surface area contributed by atoms with E-state index >= 15 is 0 Å². The van der Waals surface area contributed by atoms with Crippen molar-refractivity contribution in [2.24, 2.45) is 0 Å². The molecular weight excluding hydrogens is 308 g/mol. The molecule has 5 heteroatoms. The maximum atomic E-state index is 12.3. The monoisotopic (exact) mass is 324 g/mol. The predicted molar refractivity (Wildman–Crippen MR) is 90.6 cm³/mol. The van der Waals surface area contributed by atoms with Crippen LogP contribution >= 0.6 is 11.3 Å². The molecule has 0 saturated heterocycles. The highest BCUT2D eigenvalue weighted by molar-refractivity contribution is 7.14. The standard InChI is InChI=1S/C18H16N2O2S/c21-17(10-13-8-7-12-4-1-2-5-14(12)13)20-18-19-15(11-23-18)16-6-3-9-22-16/h1-6,9,11,13H,7-8,10H2,(H,19,20,21). The Hall–Kier alpha value is -2.40. The number of aromatic nitrogens is 1. The summed E-state index contributed by atoms with van der Waals surface area (Å²) < 4.78 is 5.32. The summed E-state index contributed by atoms with van der Waals surface area (Å²) in [7, 11) is 0. The van der Waals surface area contributed by atoms with Gasteiger partial charge < -0.3 is 9.73 Å². The molecule has 1 unspecified atom stereocenters. The average molecular weight is 324 g/mol. The van der Waals surface area contributed by atoms with Crippen molar-refractivity contribution in [3.63, 3.8) is 0 Å². The molecule has 0 radical (unpaired) electrons. The first-order valence-corrected chi connectivity index (χ1v) is 8.54. The van der Waals surface area contributed by atoms with Crippen LogP contribution in [0, 0.1) is 0 Å². The lowest BCUT2D eigenvalue weighted by Crippen LogP contribution is -2.14. The number of furan rings is 1. The highest BCUT2D eigenvalue weighted by Crippen LogP contribution is 2.35. The number of anilines is 1. The van der Waals surface area contributed by atoms with Crippen molar-refractivity contribution < 1.29 is 9.21 Å². The number of thiazole rings is 1. The van der Waals surface area contributed by atoms with Crippen LogP contribution in [0.4, 0.5) is 5.13 Å². The third-order valence-corrected chi connectivity index (χ3v) is 4.97. The van der Waals surface area contributed by atoms with Crippen molar-refractivity contribution in [1.82, 2.24) is 4.98 Å². The van der Waals surface area contributed by atoms with Gasteiger partial charge in [0.25, 0.3) is 0 Å². The molecule has 2 heterocycles. The first-order chi connectivity index (χ1) is 11.3. The van der Waals surface area contributed by atoms with Crippen LogP contribution in [0.1, 0.15) is 29.9 Å². The maximum absolute atomic E-state index is 12.3. The van der Waals surface area contributed by atoms with Crippen LogP contribution in [0.15, 0.2) is 52.5 Å². The van der Waals surface area contributed by atoms with Gasteiger partial charge in [0, 0.05) is 11.8 Å². The van der Waals surface area contributed by atoms with E-state index in [1.54, 1.807) is 6.26 Å². The van der Waals surface area contributed by atoms with E-state index < -0.39 is 0 Å². The van der Waals surface area contributed by atoms with Gasteiger partial charge in [0.2, 0.25) is 5.91 Å². The van der Waals surface area contributed by atoms with Crippen molar-refractivity contribution in [3.8, 4) is 11.5 Å². The Morgan fingerprint density at radius 3 is 3.09 bits per heavy atom. The number of aryl methyl sites for hydroxylation is 1. The molecule has 23 heavy (non-hydrogen) atoms. The summed E-state index contributed by atoms with van der Waals surface area (Å²) in [5.74, 6) is 1.05. The number of benzene rings is 1. The molecule has 0 spiro atoms. The summed E-state index contributed by atoms with van der Waals surface area (Å²) in [6.45, 7) is 0. The van der Waals surface area contributed by atoms with Crippen LogP contribution in [0.25, 0.3) is 11.5 Å². The SMILES string of the molecule is O=C(CC1CCc2ccccc21)Nc1nc(-c2ccco2)cs1. The lowest BCUT2D eigenvalue weighted by molar-refractivity contribution is -0.116. The maximum Gasteiger partial charge on any atom is 0.226 e. The van der Waals surface area contributed by atoms with Crippen molar-refractivity contribution >= 4 is 22.4 Å². The quantitative estimate of drug-likeness (QED) is 0.771. The Labute approximate surface area is 138 Å². The fourth-order valence-corrected chi connectivity index (χ4v) is 3.84. The second-order valence-corrected chi connectivity index (χ2v) is 6.56. The molecule has 2 aromatic heterocycles. The first-order valence-electron chi connectivity index (χ1n) is 7.66.